The Balaban J connectivity index is 1.74. The molecule has 0 saturated carbocycles. The summed E-state index contributed by atoms with van der Waals surface area (Å²) < 4.78 is 15.8. The number of unbranched alkanes of at least 4 members (excludes halogenated alkanes) is 1. The minimum Gasteiger partial charge on any atom is -0.502 e. The van der Waals surface area contributed by atoms with Gasteiger partial charge in [0.2, 0.25) is 5.43 Å². The van der Waals surface area contributed by atoms with Crippen LogP contribution in [-0.4, -0.2) is 51.0 Å². The van der Waals surface area contributed by atoms with Gasteiger partial charge in [0.1, 0.15) is 17.5 Å². The van der Waals surface area contributed by atoms with E-state index in [0.717, 1.165) is 24.2 Å². The van der Waals surface area contributed by atoms with Gasteiger partial charge in [0, 0.05) is 26.2 Å². The Morgan fingerprint density at radius 3 is 2.81 bits per heavy atom. The molecule has 8 nitrogen and oxygen atoms in total. The zero-order valence-corrected chi connectivity index (χ0v) is 19.1. The van der Waals surface area contributed by atoms with Gasteiger partial charge < -0.3 is 10.0 Å². The molecule has 168 valence electrons. The van der Waals surface area contributed by atoms with Crippen LogP contribution in [0, 0.1) is 5.82 Å². The molecule has 1 aliphatic heterocycles. The molecule has 0 saturated heterocycles. The number of fused-ring (bicyclic) bond motifs is 1. The lowest BCUT2D eigenvalue weighted by Gasteiger charge is -2.38. The van der Waals surface area contributed by atoms with Gasteiger partial charge in [0.05, 0.1) is 10.6 Å². The molecule has 3 heterocycles. The van der Waals surface area contributed by atoms with Gasteiger partial charge in [0.25, 0.3) is 5.91 Å². The van der Waals surface area contributed by atoms with Crippen molar-refractivity contribution >= 4 is 28.8 Å². The van der Waals surface area contributed by atoms with Crippen LogP contribution >= 0.6 is 22.9 Å². The summed E-state index contributed by atoms with van der Waals surface area (Å²) in [6.45, 7) is 3.01. The van der Waals surface area contributed by atoms with Crippen molar-refractivity contribution < 1.29 is 14.3 Å². The van der Waals surface area contributed by atoms with Gasteiger partial charge in [-0.3, -0.25) is 19.3 Å². The number of amides is 1. The predicted octanol–water partition coefficient (Wildman–Crippen LogP) is 3.24. The van der Waals surface area contributed by atoms with Gasteiger partial charge in [-0.2, -0.15) is 0 Å². The number of hydrogen-bond donors (Lipinski definition) is 1. The van der Waals surface area contributed by atoms with Crippen molar-refractivity contribution in [3.05, 3.63) is 61.7 Å². The fourth-order valence-electron chi connectivity index (χ4n) is 3.52. The Morgan fingerprint density at radius 2 is 2.06 bits per heavy atom. The van der Waals surface area contributed by atoms with Gasteiger partial charge in [0.15, 0.2) is 16.5 Å². The van der Waals surface area contributed by atoms with Crippen molar-refractivity contribution in [2.24, 2.45) is 0 Å². The third-order valence-corrected chi connectivity index (χ3v) is 6.48. The first-order chi connectivity index (χ1) is 15.3. The maximum atomic E-state index is 14.2. The maximum Gasteiger partial charge on any atom is 0.277 e. The molecule has 2 aromatic heterocycles. The Bertz CT molecular complexity index is 1240. The molecule has 0 aliphatic carbocycles. The van der Waals surface area contributed by atoms with Crippen molar-refractivity contribution in [3.63, 3.8) is 0 Å². The highest BCUT2D eigenvalue weighted by atomic mass is 35.5. The van der Waals surface area contributed by atoms with Crippen LogP contribution in [0.2, 0.25) is 5.02 Å². The molecule has 0 spiro atoms. The summed E-state index contributed by atoms with van der Waals surface area (Å²) in [6, 6.07) is 4.72. The molecular weight excluding hydrogens is 457 g/mol. The Labute approximate surface area is 192 Å². The van der Waals surface area contributed by atoms with E-state index in [2.05, 4.69) is 17.1 Å². The number of aromatic nitrogens is 3. The second-order valence-electron chi connectivity index (χ2n) is 7.53. The summed E-state index contributed by atoms with van der Waals surface area (Å²) in [4.78, 5) is 27.0. The molecule has 11 heteroatoms. The lowest BCUT2D eigenvalue weighted by Crippen LogP contribution is -2.53. The highest BCUT2D eigenvalue weighted by Crippen LogP contribution is 2.28. The topological polar surface area (TPSA) is 91.6 Å². The molecule has 0 unspecified atom stereocenters. The number of pyridine rings is 1. The molecule has 1 N–H and O–H groups in total. The van der Waals surface area contributed by atoms with Crippen molar-refractivity contribution in [2.75, 3.05) is 25.3 Å². The van der Waals surface area contributed by atoms with Crippen LogP contribution in [-0.2, 0) is 6.42 Å². The van der Waals surface area contributed by atoms with Crippen LogP contribution in [0.15, 0.2) is 29.2 Å². The van der Waals surface area contributed by atoms with E-state index < -0.39 is 22.9 Å². The van der Waals surface area contributed by atoms with Crippen molar-refractivity contribution in [1.29, 1.82) is 0 Å². The van der Waals surface area contributed by atoms with Crippen LogP contribution in [0.1, 0.15) is 40.8 Å². The number of hydrogen-bond acceptors (Lipinski definition) is 7. The number of rotatable bonds is 6. The molecule has 4 rings (SSSR count). The highest BCUT2D eigenvalue weighted by Gasteiger charge is 2.32. The molecule has 0 fully saturated rings. The van der Waals surface area contributed by atoms with E-state index >= 15 is 0 Å². The smallest absolute Gasteiger partial charge is 0.277 e. The molecule has 3 aromatic rings. The third-order valence-electron chi connectivity index (χ3n) is 5.23. The minimum absolute atomic E-state index is 0.0203. The standard InChI is InChI=1S/C21H21ClFN5O3S/c1-3-4-8-27-11-26(2)21(31)17-19(30)18(29)13(10-28(17)27)20-25-24-15(32-20)9-12-6-5-7-14(22)16(12)23/h5-7,10,30H,3-4,8-9,11H2,1-2H3. The van der Waals surface area contributed by atoms with E-state index in [-0.39, 0.29) is 27.7 Å². The van der Waals surface area contributed by atoms with Gasteiger partial charge in [-0.1, -0.05) is 48.4 Å². The SMILES string of the molecule is CCCCN1CN(C)C(=O)c2c(O)c(=O)c(-c3nnc(Cc4cccc(Cl)c4F)s3)cn21. The average Bonchev–Trinajstić information content (AvgIpc) is 3.23. The molecule has 1 aromatic carbocycles. The normalized spacial score (nSPS) is 13.6. The monoisotopic (exact) mass is 477 g/mol. The molecular formula is C21H21ClFN5O3S. The average molecular weight is 478 g/mol. The Kier molecular flexibility index (Phi) is 6.16. The summed E-state index contributed by atoms with van der Waals surface area (Å²) in [5.74, 6) is -1.59. The van der Waals surface area contributed by atoms with E-state index in [1.54, 1.807) is 19.2 Å². The number of halogens is 2. The maximum absolute atomic E-state index is 14.2. The molecule has 1 amide bonds. The quantitative estimate of drug-likeness (QED) is 0.586. The van der Waals surface area contributed by atoms with Gasteiger partial charge in [-0.25, -0.2) is 4.39 Å². The molecule has 0 atom stereocenters. The van der Waals surface area contributed by atoms with Crippen molar-refractivity contribution in [2.45, 2.75) is 26.2 Å². The van der Waals surface area contributed by atoms with E-state index in [4.69, 9.17) is 11.6 Å². The summed E-state index contributed by atoms with van der Waals surface area (Å²) in [5.41, 5.74) is -0.286. The fourth-order valence-corrected chi connectivity index (χ4v) is 4.59. The fraction of sp³-hybridized carbons (Fsp3) is 0.333. The molecule has 32 heavy (non-hydrogen) atoms. The summed E-state index contributed by atoms with van der Waals surface area (Å²) in [5, 5.41) is 21.4. The van der Waals surface area contributed by atoms with Crippen LogP contribution in [0.4, 0.5) is 4.39 Å². The van der Waals surface area contributed by atoms with Crippen LogP contribution in [0.5, 0.6) is 5.75 Å². The number of aromatic hydroxyl groups is 1. The zero-order chi connectivity index (χ0) is 23.0. The molecule has 0 bridgehead atoms. The van der Waals surface area contributed by atoms with E-state index in [9.17, 15) is 19.1 Å². The first-order valence-electron chi connectivity index (χ1n) is 10.1. The summed E-state index contributed by atoms with van der Waals surface area (Å²) in [7, 11) is 1.62. The number of carbonyl (C=O) groups excluding carboxylic acids is 1. The Morgan fingerprint density at radius 1 is 1.28 bits per heavy atom. The Hall–Kier alpha value is -2.98. The number of benzene rings is 1. The first-order valence-corrected chi connectivity index (χ1v) is 11.3. The van der Waals surface area contributed by atoms with Crippen LogP contribution in [0.25, 0.3) is 10.6 Å². The van der Waals surface area contributed by atoms with Crippen molar-refractivity contribution in [3.8, 4) is 16.3 Å². The summed E-state index contributed by atoms with van der Waals surface area (Å²) in [6.07, 6.45) is 3.50. The molecule has 1 aliphatic rings. The van der Waals surface area contributed by atoms with Crippen LogP contribution in [0.3, 0.4) is 0 Å². The highest BCUT2D eigenvalue weighted by molar-refractivity contribution is 7.14. The summed E-state index contributed by atoms with van der Waals surface area (Å²) >= 11 is 6.96. The van der Waals surface area contributed by atoms with E-state index in [0.29, 0.717) is 23.8 Å². The van der Waals surface area contributed by atoms with E-state index in [1.165, 1.54) is 21.8 Å². The minimum atomic E-state index is -0.702. The predicted molar refractivity (Wildman–Crippen MR) is 120 cm³/mol. The number of nitrogens with zero attached hydrogens (tertiary/aromatic N) is 5. The lowest BCUT2D eigenvalue weighted by atomic mass is 10.1. The van der Waals surface area contributed by atoms with E-state index in [1.807, 2.05) is 5.01 Å². The van der Waals surface area contributed by atoms with Gasteiger partial charge in [-0.15, -0.1) is 10.2 Å². The third kappa shape index (κ3) is 3.95. The van der Waals surface area contributed by atoms with Gasteiger partial charge in [-0.05, 0) is 18.1 Å². The second-order valence-corrected chi connectivity index (χ2v) is 9.00. The molecule has 0 radical (unpaired) electrons. The van der Waals surface area contributed by atoms with Gasteiger partial charge >= 0.3 is 0 Å². The van der Waals surface area contributed by atoms with Crippen LogP contribution < -0.4 is 10.4 Å². The number of carbonyl (C=O) groups is 1. The zero-order valence-electron chi connectivity index (χ0n) is 17.5. The lowest BCUT2D eigenvalue weighted by molar-refractivity contribution is 0.0733. The van der Waals surface area contributed by atoms with Crippen molar-refractivity contribution in [1.82, 2.24) is 19.8 Å². The largest absolute Gasteiger partial charge is 0.502 e. The second kappa shape index (κ2) is 8.87. The first kappa shape index (κ1) is 22.2.